The molecule has 1 radical (unpaired) electrons. The number of nitrogens with two attached hydrogens (primary N) is 1. The van der Waals surface area contributed by atoms with Crippen molar-refractivity contribution in [2.45, 2.75) is 38.9 Å². The maximum Gasteiger partial charge on any atom is 0.330 e. The monoisotopic (exact) mass is 263 g/mol. The van der Waals surface area contributed by atoms with Crippen LogP contribution in [0.5, 0.6) is 0 Å². The summed E-state index contributed by atoms with van der Waals surface area (Å²) in [5.41, 5.74) is 4.79. The summed E-state index contributed by atoms with van der Waals surface area (Å²) in [5, 5.41) is 12.4. The predicted molar refractivity (Wildman–Crippen MR) is 76.5 cm³/mol. The zero-order valence-corrected chi connectivity index (χ0v) is 11.7. The minimum atomic E-state index is -0.961. The molecule has 1 aromatic rings. The van der Waals surface area contributed by atoms with Gasteiger partial charge >= 0.3 is 13.5 Å². The molecular weight excluding hydrogens is 243 g/mol. The van der Waals surface area contributed by atoms with Crippen molar-refractivity contribution in [3.63, 3.8) is 0 Å². The molecule has 6 heteroatoms. The standard InChI is InChI=1S/C13H20BN2O3/c1-12(2,18)13(3,4)19-14-9-5-7-10(8-6-9)16-11(15)17/h5-8,18H,1-4H3,(H3,15,16,17). The lowest BCUT2D eigenvalue weighted by atomic mass is 9.82. The summed E-state index contributed by atoms with van der Waals surface area (Å²) in [5.74, 6) is 0. The molecule has 0 heterocycles. The van der Waals surface area contributed by atoms with E-state index < -0.39 is 17.2 Å². The quantitative estimate of drug-likeness (QED) is 0.692. The van der Waals surface area contributed by atoms with E-state index in [4.69, 9.17) is 10.4 Å². The summed E-state index contributed by atoms with van der Waals surface area (Å²) in [6, 6.07) is 6.40. The smallest absolute Gasteiger partial charge is 0.330 e. The largest absolute Gasteiger partial charge is 0.427 e. The van der Waals surface area contributed by atoms with Crippen LogP contribution in [0.2, 0.25) is 0 Å². The average molecular weight is 263 g/mol. The van der Waals surface area contributed by atoms with Crippen molar-refractivity contribution in [1.29, 1.82) is 0 Å². The van der Waals surface area contributed by atoms with E-state index in [-0.39, 0.29) is 0 Å². The summed E-state index contributed by atoms with van der Waals surface area (Å²) in [6.45, 7) is 7.01. The number of aliphatic hydroxyl groups is 1. The van der Waals surface area contributed by atoms with Crippen molar-refractivity contribution >= 4 is 24.7 Å². The molecule has 1 aromatic carbocycles. The van der Waals surface area contributed by atoms with E-state index in [0.29, 0.717) is 5.69 Å². The van der Waals surface area contributed by atoms with Gasteiger partial charge in [-0.1, -0.05) is 17.6 Å². The van der Waals surface area contributed by atoms with Gasteiger partial charge < -0.3 is 20.8 Å². The lowest BCUT2D eigenvalue weighted by Gasteiger charge is -2.37. The number of anilines is 1. The number of primary amides is 1. The molecule has 19 heavy (non-hydrogen) atoms. The van der Waals surface area contributed by atoms with Gasteiger partial charge in [0.2, 0.25) is 0 Å². The lowest BCUT2D eigenvalue weighted by Crippen LogP contribution is -2.49. The van der Waals surface area contributed by atoms with Crippen molar-refractivity contribution in [3.05, 3.63) is 24.3 Å². The molecule has 0 fully saturated rings. The molecule has 2 amide bonds. The van der Waals surface area contributed by atoms with Crippen LogP contribution >= 0.6 is 0 Å². The number of amides is 2. The molecule has 103 valence electrons. The molecule has 0 atom stereocenters. The highest BCUT2D eigenvalue weighted by Gasteiger charge is 2.35. The van der Waals surface area contributed by atoms with E-state index in [1.807, 2.05) is 13.8 Å². The number of carbonyl (C=O) groups is 1. The van der Waals surface area contributed by atoms with Crippen LogP contribution in [0.15, 0.2) is 24.3 Å². The topological polar surface area (TPSA) is 84.6 Å². The van der Waals surface area contributed by atoms with Gasteiger partial charge in [-0.05, 0) is 39.8 Å². The lowest BCUT2D eigenvalue weighted by molar-refractivity contribution is -0.0893. The molecule has 0 aliphatic rings. The Kier molecular flexibility index (Phi) is 4.60. The van der Waals surface area contributed by atoms with Crippen LogP contribution in [0.1, 0.15) is 27.7 Å². The highest BCUT2D eigenvalue weighted by atomic mass is 16.5. The first-order valence-electron chi connectivity index (χ1n) is 6.02. The van der Waals surface area contributed by atoms with Gasteiger partial charge in [-0.25, -0.2) is 4.79 Å². The second-order valence-electron chi connectivity index (χ2n) is 5.42. The molecule has 0 aromatic heterocycles. The number of carbonyl (C=O) groups excluding carboxylic acids is 1. The van der Waals surface area contributed by atoms with Gasteiger partial charge in [-0.2, -0.15) is 0 Å². The van der Waals surface area contributed by atoms with E-state index in [9.17, 15) is 9.90 Å². The predicted octanol–water partition coefficient (Wildman–Crippen LogP) is 0.988. The van der Waals surface area contributed by atoms with E-state index >= 15 is 0 Å². The maximum atomic E-state index is 10.7. The van der Waals surface area contributed by atoms with Crippen molar-refractivity contribution < 1.29 is 14.6 Å². The molecule has 0 aliphatic carbocycles. The number of urea groups is 1. The van der Waals surface area contributed by atoms with Gasteiger partial charge in [0.15, 0.2) is 0 Å². The highest BCUT2D eigenvalue weighted by molar-refractivity contribution is 6.47. The summed E-state index contributed by atoms with van der Waals surface area (Å²) in [4.78, 5) is 10.7. The van der Waals surface area contributed by atoms with Crippen LogP contribution in [0.25, 0.3) is 0 Å². The Morgan fingerprint density at radius 2 is 1.79 bits per heavy atom. The van der Waals surface area contributed by atoms with Crippen LogP contribution in [0.3, 0.4) is 0 Å². The first-order chi connectivity index (χ1) is 8.62. The third-order valence-electron chi connectivity index (χ3n) is 3.14. The maximum absolute atomic E-state index is 10.7. The zero-order chi connectivity index (χ0) is 14.7. The van der Waals surface area contributed by atoms with Crippen molar-refractivity contribution in [1.82, 2.24) is 0 Å². The SMILES string of the molecule is CC(C)(O)C(C)(C)O[B]c1ccc(NC(N)=O)cc1. The molecule has 0 saturated carbocycles. The molecule has 0 bridgehead atoms. The molecule has 0 spiro atoms. The third-order valence-corrected chi connectivity index (χ3v) is 3.14. The van der Waals surface area contributed by atoms with Crippen LogP contribution < -0.4 is 16.5 Å². The van der Waals surface area contributed by atoms with Crippen molar-refractivity contribution in [2.75, 3.05) is 5.32 Å². The van der Waals surface area contributed by atoms with Gasteiger partial charge in [0, 0.05) is 5.69 Å². The number of rotatable bonds is 5. The minimum absolute atomic E-state index is 0.601. The van der Waals surface area contributed by atoms with Gasteiger partial charge in [0.05, 0.1) is 11.2 Å². The first kappa shape index (κ1) is 15.5. The summed E-state index contributed by atoms with van der Waals surface area (Å²) >= 11 is 0. The molecule has 0 unspecified atom stereocenters. The number of hydrogen-bond donors (Lipinski definition) is 3. The zero-order valence-electron chi connectivity index (χ0n) is 11.7. The second-order valence-corrected chi connectivity index (χ2v) is 5.42. The second kappa shape index (κ2) is 5.63. The van der Waals surface area contributed by atoms with Crippen molar-refractivity contribution in [3.8, 4) is 0 Å². The molecule has 5 nitrogen and oxygen atoms in total. The Balaban J connectivity index is 2.62. The molecular formula is C13H20BN2O3. The molecule has 0 aliphatic heterocycles. The van der Waals surface area contributed by atoms with Crippen LogP contribution in [0, 0.1) is 0 Å². The fourth-order valence-electron chi connectivity index (χ4n) is 1.15. The van der Waals surface area contributed by atoms with Gasteiger partial charge in [-0.3, -0.25) is 0 Å². The number of nitrogens with one attached hydrogen (secondary N) is 1. The minimum Gasteiger partial charge on any atom is -0.427 e. The normalized spacial score (nSPS) is 12.1. The van der Waals surface area contributed by atoms with E-state index in [0.717, 1.165) is 5.46 Å². The highest BCUT2D eigenvalue weighted by Crippen LogP contribution is 2.24. The molecule has 0 saturated heterocycles. The Morgan fingerprint density at radius 3 is 2.21 bits per heavy atom. The fourth-order valence-corrected chi connectivity index (χ4v) is 1.15. The van der Waals surface area contributed by atoms with Crippen molar-refractivity contribution in [2.24, 2.45) is 5.73 Å². The van der Waals surface area contributed by atoms with Gasteiger partial charge in [0.25, 0.3) is 0 Å². The summed E-state index contributed by atoms with van der Waals surface area (Å²) in [7, 11) is 1.58. The summed E-state index contributed by atoms with van der Waals surface area (Å²) in [6.07, 6.45) is 0. The first-order valence-corrected chi connectivity index (χ1v) is 6.02. The third kappa shape index (κ3) is 4.57. The Hall–Kier alpha value is -1.53. The average Bonchev–Trinajstić information content (AvgIpc) is 2.26. The fraction of sp³-hybridized carbons (Fsp3) is 0.462. The summed E-state index contributed by atoms with van der Waals surface area (Å²) < 4.78 is 5.61. The number of hydrogen-bond acceptors (Lipinski definition) is 3. The van der Waals surface area contributed by atoms with Gasteiger partial charge in [0.1, 0.15) is 0 Å². The molecule has 1 rings (SSSR count). The van der Waals surface area contributed by atoms with E-state index in [1.54, 1.807) is 45.6 Å². The Bertz CT molecular complexity index is 438. The number of benzene rings is 1. The van der Waals surface area contributed by atoms with Crippen LogP contribution in [0.4, 0.5) is 10.5 Å². The Labute approximate surface area is 114 Å². The Morgan fingerprint density at radius 1 is 1.26 bits per heavy atom. The molecule has 4 N–H and O–H groups in total. The van der Waals surface area contributed by atoms with E-state index in [2.05, 4.69) is 5.32 Å². The van der Waals surface area contributed by atoms with Gasteiger partial charge in [-0.15, -0.1) is 0 Å². The van der Waals surface area contributed by atoms with Crippen LogP contribution in [-0.2, 0) is 4.65 Å². The van der Waals surface area contributed by atoms with Crippen LogP contribution in [-0.4, -0.2) is 29.8 Å². The van der Waals surface area contributed by atoms with E-state index in [1.165, 1.54) is 0 Å².